The molecular formula is C17H12N6O2S2. The van der Waals surface area contributed by atoms with E-state index in [1.165, 1.54) is 16.7 Å². The molecule has 0 aliphatic carbocycles. The molecule has 0 unspecified atom stereocenters. The van der Waals surface area contributed by atoms with Gasteiger partial charge in [-0.05, 0) is 24.6 Å². The van der Waals surface area contributed by atoms with E-state index in [4.69, 9.17) is 5.11 Å². The van der Waals surface area contributed by atoms with Gasteiger partial charge in [-0.15, -0.1) is 21.5 Å². The summed E-state index contributed by atoms with van der Waals surface area (Å²) in [6.45, 7) is 0.696. The highest BCUT2D eigenvalue weighted by Crippen LogP contribution is 2.35. The third kappa shape index (κ3) is 2.88. The zero-order valence-corrected chi connectivity index (χ0v) is 15.4. The van der Waals surface area contributed by atoms with E-state index in [2.05, 4.69) is 25.5 Å². The number of hydrogen-bond donors (Lipinski definition) is 2. The highest BCUT2D eigenvalue weighted by molar-refractivity contribution is 7.22. The lowest BCUT2D eigenvalue weighted by molar-refractivity contribution is 0.0691. The van der Waals surface area contributed by atoms with Crippen molar-refractivity contribution in [2.45, 2.75) is 6.42 Å². The Hall–Kier alpha value is -3.11. The zero-order valence-electron chi connectivity index (χ0n) is 13.8. The molecule has 134 valence electrons. The van der Waals surface area contributed by atoms with Crippen LogP contribution in [0.2, 0.25) is 0 Å². The van der Waals surface area contributed by atoms with Crippen molar-refractivity contribution in [2.75, 3.05) is 16.8 Å². The summed E-state index contributed by atoms with van der Waals surface area (Å²) < 4.78 is 1.11. The molecule has 8 nitrogen and oxygen atoms in total. The van der Waals surface area contributed by atoms with Crippen molar-refractivity contribution in [3.63, 3.8) is 0 Å². The molecule has 0 bridgehead atoms. The summed E-state index contributed by atoms with van der Waals surface area (Å²) in [6, 6.07) is 9.92. The van der Waals surface area contributed by atoms with Crippen molar-refractivity contribution in [3.8, 4) is 0 Å². The third-order valence-electron chi connectivity index (χ3n) is 4.18. The quantitative estimate of drug-likeness (QED) is 0.538. The molecule has 0 saturated heterocycles. The van der Waals surface area contributed by atoms with E-state index < -0.39 is 5.97 Å². The highest BCUT2D eigenvalue weighted by Gasteiger charge is 2.26. The number of benzene rings is 1. The third-order valence-corrected chi connectivity index (χ3v) is 6.00. The Labute approximate surface area is 161 Å². The second kappa shape index (κ2) is 6.25. The molecule has 0 saturated carbocycles. The van der Waals surface area contributed by atoms with Gasteiger partial charge in [0.1, 0.15) is 0 Å². The molecular weight excluding hydrogens is 384 g/mol. The number of fused-ring (bicyclic) bond motifs is 2. The number of carboxylic acid groups (broad SMARTS) is 1. The standard InChI is InChI=1S/C17H12N6O2S2/c24-15(25)11-8-26-17(19-11)23-6-5-9-7-13(21-22-14(9)23)20-16-18-10-3-1-2-4-12(10)27-16/h1-4,7-8H,5-6H2,(H,24,25)(H,18,20,21). The summed E-state index contributed by atoms with van der Waals surface area (Å²) in [7, 11) is 0. The van der Waals surface area contributed by atoms with Crippen LogP contribution in [-0.2, 0) is 6.42 Å². The molecule has 5 rings (SSSR count). The van der Waals surface area contributed by atoms with E-state index in [0.29, 0.717) is 17.5 Å². The molecule has 0 spiro atoms. The lowest BCUT2D eigenvalue weighted by atomic mass is 10.2. The number of para-hydroxylation sites is 1. The number of anilines is 4. The van der Waals surface area contributed by atoms with Gasteiger partial charge < -0.3 is 15.3 Å². The second-order valence-electron chi connectivity index (χ2n) is 5.91. The fraction of sp³-hybridized carbons (Fsp3) is 0.118. The molecule has 27 heavy (non-hydrogen) atoms. The number of hydrogen-bond acceptors (Lipinski definition) is 9. The second-order valence-corrected chi connectivity index (χ2v) is 7.78. The van der Waals surface area contributed by atoms with Gasteiger partial charge in [0, 0.05) is 17.5 Å². The maximum atomic E-state index is 11.0. The Kier molecular flexibility index (Phi) is 3.73. The first-order valence-corrected chi connectivity index (χ1v) is 9.82. The maximum Gasteiger partial charge on any atom is 0.355 e. The molecule has 4 heterocycles. The normalized spacial score (nSPS) is 13.1. The number of carbonyl (C=O) groups is 1. The molecule has 1 aliphatic heterocycles. The van der Waals surface area contributed by atoms with Gasteiger partial charge in [-0.2, -0.15) is 0 Å². The average Bonchev–Trinajstić information content (AvgIpc) is 3.38. The summed E-state index contributed by atoms with van der Waals surface area (Å²) >= 11 is 2.85. The fourth-order valence-electron chi connectivity index (χ4n) is 2.94. The molecule has 0 amide bonds. The summed E-state index contributed by atoms with van der Waals surface area (Å²) in [4.78, 5) is 21.7. The van der Waals surface area contributed by atoms with Gasteiger partial charge >= 0.3 is 5.97 Å². The summed E-state index contributed by atoms with van der Waals surface area (Å²) in [5.74, 6) is 0.328. The zero-order chi connectivity index (χ0) is 18.4. The number of thiazole rings is 2. The molecule has 3 aromatic heterocycles. The summed E-state index contributed by atoms with van der Waals surface area (Å²) in [5, 5.41) is 23.8. The Morgan fingerprint density at radius 1 is 1.22 bits per heavy atom. The van der Waals surface area contributed by atoms with Crippen LogP contribution in [0, 0.1) is 0 Å². The summed E-state index contributed by atoms with van der Waals surface area (Å²) in [5.41, 5.74) is 2.04. The van der Waals surface area contributed by atoms with Crippen molar-refractivity contribution < 1.29 is 9.90 Å². The lowest BCUT2D eigenvalue weighted by Gasteiger charge is -2.13. The number of rotatable bonds is 4. The Morgan fingerprint density at radius 2 is 2.11 bits per heavy atom. The van der Waals surface area contributed by atoms with Crippen LogP contribution >= 0.6 is 22.7 Å². The van der Waals surface area contributed by atoms with E-state index in [1.54, 1.807) is 11.3 Å². The van der Waals surface area contributed by atoms with Crippen LogP contribution in [0.4, 0.5) is 21.9 Å². The van der Waals surface area contributed by atoms with E-state index in [-0.39, 0.29) is 5.69 Å². The Balaban J connectivity index is 1.41. The molecule has 0 radical (unpaired) electrons. The maximum absolute atomic E-state index is 11.0. The monoisotopic (exact) mass is 396 g/mol. The molecule has 10 heteroatoms. The van der Waals surface area contributed by atoms with Gasteiger partial charge in [-0.1, -0.05) is 23.5 Å². The Morgan fingerprint density at radius 3 is 2.93 bits per heavy atom. The van der Waals surface area contributed by atoms with E-state index in [0.717, 1.165) is 33.2 Å². The van der Waals surface area contributed by atoms with Gasteiger partial charge in [-0.25, -0.2) is 14.8 Å². The number of nitrogens with zero attached hydrogens (tertiary/aromatic N) is 5. The van der Waals surface area contributed by atoms with Gasteiger partial charge in [0.15, 0.2) is 27.6 Å². The molecule has 0 atom stereocenters. The number of carboxylic acids is 1. The van der Waals surface area contributed by atoms with Crippen LogP contribution in [0.15, 0.2) is 35.7 Å². The van der Waals surface area contributed by atoms with Crippen LogP contribution in [0.5, 0.6) is 0 Å². The van der Waals surface area contributed by atoms with E-state index >= 15 is 0 Å². The number of nitrogens with one attached hydrogen (secondary N) is 1. The number of aromatic nitrogens is 4. The van der Waals surface area contributed by atoms with Gasteiger partial charge in [-0.3, -0.25) is 0 Å². The first kappa shape index (κ1) is 16.1. The molecule has 4 aromatic rings. The molecule has 1 aromatic carbocycles. The first-order valence-electron chi connectivity index (χ1n) is 8.13. The van der Waals surface area contributed by atoms with Crippen molar-refractivity contribution in [1.29, 1.82) is 0 Å². The van der Waals surface area contributed by atoms with E-state index in [9.17, 15) is 4.79 Å². The van der Waals surface area contributed by atoms with Gasteiger partial charge in [0.25, 0.3) is 0 Å². The SMILES string of the molecule is O=C(O)c1csc(N2CCc3cc(Nc4nc5ccccc5s4)nnc32)n1. The highest BCUT2D eigenvalue weighted by atomic mass is 32.1. The van der Waals surface area contributed by atoms with Crippen LogP contribution in [0.3, 0.4) is 0 Å². The van der Waals surface area contributed by atoms with Crippen LogP contribution in [-0.4, -0.2) is 37.8 Å². The fourth-order valence-corrected chi connectivity index (χ4v) is 4.64. The van der Waals surface area contributed by atoms with Crippen LogP contribution < -0.4 is 10.2 Å². The average molecular weight is 396 g/mol. The lowest BCUT2D eigenvalue weighted by Crippen LogP contribution is -2.15. The van der Waals surface area contributed by atoms with Crippen molar-refractivity contribution in [2.24, 2.45) is 0 Å². The van der Waals surface area contributed by atoms with Gasteiger partial charge in [0.2, 0.25) is 0 Å². The minimum Gasteiger partial charge on any atom is -0.476 e. The predicted octanol–water partition coefficient (Wildman–Crippen LogP) is 3.68. The topological polar surface area (TPSA) is 104 Å². The van der Waals surface area contributed by atoms with Crippen molar-refractivity contribution >= 4 is 60.8 Å². The molecule has 1 aliphatic rings. The smallest absolute Gasteiger partial charge is 0.355 e. The first-order chi connectivity index (χ1) is 13.2. The minimum atomic E-state index is -1.03. The summed E-state index contributed by atoms with van der Waals surface area (Å²) in [6.07, 6.45) is 0.793. The van der Waals surface area contributed by atoms with Crippen molar-refractivity contribution in [1.82, 2.24) is 20.2 Å². The predicted molar refractivity (Wildman–Crippen MR) is 105 cm³/mol. The Bertz CT molecular complexity index is 1140. The minimum absolute atomic E-state index is 0.0468. The van der Waals surface area contributed by atoms with Crippen LogP contribution in [0.1, 0.15) is 16.1 Å². The molecule has 0 fully saturated rings. The van der Waals surface area contributed by atoms with Crippen molar-refractivity contribution in [3.05, 3.63) is 47.0 Å². The molecule has 2 N–H and O–H groups in total. The van der Waals surface area contributed by atoms with Crippen LogP contribution in [0.25, 0.3) is 10.2 Å². The van der Waals surface area contributed by atoms with Gasteiger partial charge in [0.05, 0.1) is 10.2 Å². The largest absolute Gasteiger partial charge is 0.476 e. The van der Waals surface area contributed by atoms with E-state index in [1.807, 2.05) is 35.2 Å². The number of aromatic carboxylic acids is 1.